The van der Waals surface area contributed by atoms with E-state index >= 15 is 0 Å². The molecule has 0 saturated carbocycles. The van der Waals surface area contributed by atoms with E-state index in [1.54, 1.807) is 18.4 Å². The highest BCUT2D eigenvalue weighted by Gasteiger charge is 2.14. The quantitative estimate of drug-likeness (QED) is 0.674. The lowest BCUT2D eigenvalue weighted by Gasteiger charge is -2.09. The Hall–Kier alpha value is -2.66. The fourth-order valence-corrected chi connectivity index (χ4v) is 2.53. The van der Waals surface area contributed by atoms with Crippen LogP contribution in [0.1, 0.15) is 23.7 Å². The molecule has 1 amide bonds. The Labute approximate surface area is 140 Å². The van der Waals surface area contributed by atoms with Gasteiger partial charge in [0, 0.05) is 25.1 Å². The largest absolute Gasteiger partial charge is 0.463 e. The van der Waals surface area contributed by atoms with Crippen LogP contribution in [0.25, 0.3) is 22.4 Å². The molecule has 24 heavy (non-hydrogen) atoms. The number of amides is 1. The third-order valence-corrected chi connectivity index (χ3v) is 3.69. The Morgan fingerprint density at radius 3 is 2.92 bits per heavy atom. The smallest absolute Gasteiger partial charge is 0.252 e. The van der Waals surface area contributed by atoms with Crippen molar-refractivity contribution in [3.8, 4) is 11.5 Å². The van der Waals surface area contributed by atoms with Crippen LogP contribution in [-0.4, -0.2) is 30.6 Å². The maximum Gasteiger partial charge on any atom is 0.252 e. The predicted octanol–water partition coefficient (Wildman–Crippen LogP) is 3.65. The minimum atomic E-state index is -0.113. The summed E-state index contributed by atoms with van der Waals surface area (Å²) in [5.74, 6) is 0.532. The highest BCUT2D eigenvalue weighted by atomic mass is 16.5. The van der Waals surface area contributed by atoms with Crippen molar-refractivity contribution in [2.75, 3.05) is 19.8 Å². The number of hydrogen-bond donors (Lipinski definition) is 1. The molecule has 0 spiro atoms. The highest BCUT2D eigenvalue weighted by Crippen LogP contribution is 2.25. The van der Waals surface area contributed by atoms with Crippen LogP contribution >= 0.6 is 0 Å². The van der Waals surface area contributed by atoms with Gasteiger partial charge in [-0.2, -0.15) is 0 Å². The van der Waals surface area contributed by atoms with Gasteiger partial charge >= 0.3 is 0 Å². The number of nitrogens with one attached hydrogen (secondary N) is 1. The summed E-state index contributed by atoms with van der Waals surface area (Å²) in [4.78, 5) is 17.2. The van der Waals surface area contributed by atoms with Gasteiger partial charge in [0.05, 0.1) is 17.3 Å². The first-order valence-corrected chi connectivity index (χ1v) is 8.09. The number of aromatic nitrogens is 1. The van der Waals surface area contributed by atoms with Crippen molar-refractivity contribution < 1.29 is 13.9 Å². The summed E-state index contributed by atoms with van der Waals surface area (Å²) < 4.78 is 10.7. The lowest BCUT2D eigenvalue weighted by Crippen LogP contribution is -2.25. The van der Waals surface area contributed by atoms with E-state index < -0.39 is 0 Å². The number of benzene rings is 1. The molecule has 0 aliphatic heterocycles. The third-order valence-electron chi connectivity index (χ3n) is 3.69. The second kappa shape index (κ2) is 7.75. The molecule has 0 aliphatic carbocycles. The number of hydrogen-bond acceptors (Lipinski definition) is 4. The van der Waals surface area contributed by atoms with E-state index in [0.717, 1.165) is 17.3 Å². The number of fused-ring (bicyclic) bond motifs is 1. The molecular formula is C19H20N2O3. The van der Waals surface area contributed by atoms with Crippen LogP contribution in [0.2, 0.25) is 0 Å². The second-order valence-corrected chi connectivity index (χ2v) is 5.36. The molecule has 5 nitrogen and oxygen atoms in total. The molecule has 0 radical (unpaired) electrons. The summed E-state index contributed by atoms with van der Waals surface area (Å²) in [5.41, 5.74) is 2.02. The van der Waals surface area contributed by atoms with Crippen LogP contribution in [0.15, 0.2) is 53.1 Å². The lowest BCUT2D eigenvalue weighted by atomic mass is 10.1. The zero-order valence-electron chi connectivity index (χ0n) is 13.6. The Bertz CT molecular complexity index is 813. The number of furan rings is 1. The van der Waals surface area contributed by atoms with Crippen LogP contribution in [0.5, 0.6) is 0 Å². The van der Waals surface area contributed by atoms with E-state index in [0.29, 0.717) is 36.8 Å². The van der Waals surface area contributed by atoms with Gasteiger partial charge in [0.2, 0.25) is 0 Å². The average molecular weight is 324 g/mol. The zero-order valence-corrected chi connectivity index (χ0v) is 13.6. The van der Waals surface area contributed by atoms with Crippen LogP contribution in [0.4, 0.5) is 0 Å². The average Bonchev–Trinajstić information content (AvgIpc) is 3.15. The zero-order chi connectivity index (χ0) is 16.8. The molecule has 2 aromatic heterocycles. The van der Waals surface area contributed by atoms with Crippen molar-refractivity contribution in [2.45, 2.75) is 13.3 Å². The van der Waals surface area contributed by atoms with Crippen LogP contribution in [-0.2, 0) is 4.74 Å². The van der Waals surface area contributed by atoms with E-state index in [1.807, 2.05) is 37.3 Å². The van der Waals surface area contributed by atoms with Gasteiger partial charge in [-0.15, -0.1) is 0 Å². The Morgan fingerprint density at radius 2 is 2.12 bits per heavy atom. The van der Waals surface area contributed by atoms with Crippen molar-refractivity contribution in [3.05, 3.63) is 54.3 Å². The van der Waals surface area contributed by atoms with Crippen molar-refractivity contribution in [1.29, 1.82) is 0 Å². The van der Waals surface area contributed by atoms with E-state index in [4.69, 9.17) is 9.15 Å². The first-order valence-electron chi connectivity index (χ1n) is 8.09. The van der Waals surface area contributed by atoms with Gasteiger partial charge in [-0.25, -0.2) is 4.98 Å². The minimum absolute atomic E-state index is 0.113. The van der Waals surface area contributed by atoms with Crippen molar-refractivity contribution in [1.82, 2.24) is 10.3 Å². The summed E-state index contributed by atoms with van der Waals surface area (Å²) in [6, 6.07) is 13.0. The molecule has 0 unspecified atom stereocenters. The normalized spacial score (nSPS) is 10.9. The summed E-state index contributed by atoms with van der Waals surface area (Å²) in [5, 5.41) is 3.77. The number of pyridine rings is 1. The number of ether oxygens (including phenoxy) is 1. The molecule has 1 N–H and O–H groups in total. The number of para-hydroxylation sites is 1. The van der Waals surface area contributed by atoms with Gasteiger partial charge in [-0.1, -0.05) is 18.2 Å². The van der Waals surface area contributed by atoms with Gasteiger partial charge in [-0.05, 0) is 37.6 Å². The fraction of sp³-hybridized carbons (Fsp3) is 0.263. The number of carbonyl (C=O) groups excluding carboxylic acids is 1. The van der Waals surface area contributed by atoms with Gasteiger partial charge in [-0.3, -0.25) is 4.79 Å². The van der Waals surface area contributed by atoms with Crippen LogP contribution in [0, 0.1) is 0 Å². The molecule has 0 saturated heterocycles. The van der Waals surface area contributed by atoms with E-state index in [2.05, 4.69) is 10.3 Å². The second-order valence-electron chi connectivity index (χ2n) is 5.36. The van der Waals surface area contributed by atoms with Crippen LogP contribution < -0.4 is 5.32 Å². The standard InChI is InChI=1S/C19H20N2O3/c1-2-23-11-6-10-20-19(22)15-13-17(18-9-5-12-24-18)21-16-8-4-3-7-14(15)16/h3-5,7-9,12-13H,2,6,10-11H2,1H3,(H,20,22). The van der Waals surface area contributed by atoms with Crippen molar-refractivity contribution >= 4 is 16.8 Å². The first kappa shape index (κ1) is 16.2. The van der Waals surface area contributed by atoms with Gasteiger partial charge < -0.3 is 14.5 Å². The molecule has 5 heteroatoms. The maximum absolute atomic E-state index is 12.6. The molecule has 0 fully saturated rings. The molecule has 3 rings (SSSR count). The molecule has 2 heterocycles. The fourth-order valence-electron chi connectivity index (χ4n) is 2.53. The SMILES string of the molecule is CCOCCCNC(=O)c1cc(-c2ccco2)nc2ccccc12. The molecule has 3 aromatic rings. The summed E-state index contributed by atoms with van der Waals surface area (Å²) >= 11 is 0. The summed E-state index contributed by atoms with van der Waals surface area (Å²) in [6.07, 6.45) is 2.38. The lowest BCUT2D eigenvalue weighted by molar-refractivity contribution is 0.0946. The van der Waals surface area contributed by atoms with Gasteiger partial charge in [0.25, 0.3) is 5.91 Å². The van der Waals surface area contributed by atoms with Crippen LogP contribution in [0.3, 0.4) is 0 Å². The predicted molar refractivity (Wildman–Crippen MR) is 92.9 cm³/mol. The van der Waals surface area contributed by atoms with E-state index in [9.17, 15) is 4.79 Å². The van der Waals surface area contributed by atoms with E-state index in [1.165, 1.54) is 0 Å². The molecular weight excluding hydrogens is 304 g/mol. The summed E-state index contributed by atoms with van der Waals surface area (Å²) in [6.45, 7) is 3.87. The molecule has 0 atom stereocenters. The Balaban J connectivity index is 1.86. The van der Waals surface area contributed by atoms with Gasteiger partial charge in [0.15, 0.2) is 5.76 Å². The van der Waals surface area contributed by atoms with Crippen molar-refractivity contribution in [3.63, 3.8) is 0 Å². The topological polar surface area (TPSA) is 64.4 Å². The molecule has 1 aromatic carbocycles. The molecule has 0 bridgehead atoms. The Morgan fingerprint density at radius 1 is 1.25 bits per heavy atom. The maximum atomic E-state index is 12.6. The monoisotopic (exact) mass is 324 g/mol. The third kappa shape index (κ3) is 3.63. The highest BCUT2D eigenvalue weighted by molar-refractivity contribution is 6.07. The number of nitrogens with zero attached hydrogens (tertiary/aromatic N) is 1. The molecule has 124 valence electrons. The van der Waals surface area contributed by atoms with Gasteiger partial charge in [0.1, 0.15) is 5.69 Å². The van der Waals surface area contributed by atoms with Crippen molar-refractivity contribution in [2.24, 2.45) is 0 Å². The number of carbonyl (C=O) groups is 1. The Kier molecular flexibility index (Phi) is 5.23. The minimum Gasteiger partial charge on any atom is -0.463 e. The number of rotatable bonds is 7. The first-order chi connectivity index (χ1) is 11.8. The summed E-state index contributed by atoms with van der Waals surface area (Å²) in [7, 11) is 0. The van der Waals surface area contributed by atoms with E-state index in [-0.39, 0.29) is 5.91 Å². The molecule has 0 aliphatic rings.